The Labute approximate surface area is 289 Å². The molecule has 254 valence electrons. The van der Waals surface area contributed by atoms with Gasteiger partial charge in [-0.3, -0.25) is 9.11 Å². The third-order valence-corrected chi connectivity index (χ3v) is 10.3. The highest BCUT2D eigenvalue weighted by Gasteiger charge is 2.21. The zero-order valence-electron chi connectivity index (χ0n) is 28.0. The summed E-state index contributed by atoms with van der Waals surface area (Å²) < 4.78 is 68.9. The second-order valence-corrected chi connectivity index (χ2v) is 14.9. The van der Waals surface area contributed by atoms with Crippen LogP contribution in [-0.4, -0.2) is 49.3 Å². The molecule has 0 atom stereocenters. The second kappa shape index (κ2) is 14.9. The summed E-state index contributed by atoms with van der Waals surface area (Å²) >= 11 is 0. The molecule has 1 aliphatic carbocycles. The third-order valence-electron chi connectivity index (χ3n) is 8.65. The van der Waals surface area contributed by atoms with E-state index in [9.17, 15) is 25.9 Å². The van der Waals surface area contributed by atoms with E-state index in [1.165, 1.54) is 29.8 Å². The van der Waals surface area contributed by atoms with Crippen LogP contribution in [0.25, 0.3) is 5.57 Å². The monoisotopic (exact) mass is 697 g/mol. The van der Waals surface area contributed by atoms with Gasteiger partial charge in [-0.1, -0.05) is 54.6 Å². The van der Waals surface area contributed by atoms with Crippen molar-refractivity contribution >= 4 is 37.2 Å². The fourth-order valence-corrected chi connectivity index (χ4v) is 7.40. The number of anilines is 1. The fourth-order valence-electron chi connectivity index (χ4n) is 6.20. The van der Waals surface area contributed by atoms with Gasteiger partial charge in [0.2, 0.25) is 0 Å². The number of benzene rings is 4. The highest BCUT2D eigenvalue weighted by atomic mass is 32.2. The van der Waals surface area contributed by atoms with Crippen molar-refractivity contribution in [2.75, 3.05) is 18.0 Å². The molecule has 0 radical (unpaired) electrons. The SMILES string of the molecule is CCN(Cc1ccccc1)c1ccc(C(=C2C=CC(=[N+](CC)Cc3cccc(S(=O)(=O)O)c3)C=C2)c2c(C)cc(S(=O)(=O)O)cc2C)cc1. The van der Waals surface area contributed by atoms with Gasteiger partial charge >= 0.3 is 0 Å². The molecule has 8 nitrogen and oxygen atoms in total. The van der Waals surface area contributed by atoms with Crippen molar-refractivity contribution in [1.29, 1.82) is 0 Å². The minimum atomic E-state index is -4.39. The molecule has 0 unspecified atom stereocenters. The minimum absolute atomic E-state index is 0.144. The molecule has 10 heteroatoms. The largest absolute Gasteiger partial charge is 0.367 e. The molecule has 0 spiro atoms. The molecule has 0 saturated carbocycles. The molecule has 0 aliphatic heterocycles. The van der Waals surface area contributed by atoms with E-state index in [2.05, 4.69) is 52.8 Å². The molecule has 49 heavy (non-hydrogen) atoms. The van der Waals surface area contributed by atoms with Crippen molar-refractivity contribution in [1.82, 2.24) is 0 Å². The van der Waals surface area contributed by atoms with Crippen molar-refractivity contribution < 1.29 is 30.5 Å². The summed E-state index contributed by atoms with van der Waals surface area (Å²) in [6, 6.07) is 28.0. The summed E-state index contributed by atoms with van der Waals surface area (Å²) in [6.45, 7) is 10.5. The van der Waals surface area contributed by atoms with Crippen LogP contribution >= 0.6 is 0 Å². The van der Waals surface area contributed by atoms with Gasteiger partial charge < -0.3 is 4.90 Å². The molecule has 4 aromatic carbocycles. The zero-order chi connectivity index (χ0) is 35.3. The van der Waals surface area contributed by atoms with Crippen molar-refractivity contribution in [3.63, 3.8) is 0 Å². The first-order valence-corrected chi connectivity index (χ1v) is 18.9. The van der Waals surface area contributed by atoms with Gasteiger partial charge in [-0.25, -0.2) is 4.58 Å². The molecule has 0 fully saturated rings. The average Bonchev–Trinajstić information content (AvgIpc) is 3.08. The Balaban J connectivity index is 1.57. The summed E-state index contributed by atoms with van der Waals surface area (Å²) in [5, 5.41) is 0. The van der Waals surface area contributed by atoms with Crippen LogP contribution < -0.4 is 4.90 Å². The van der Waals surface area contributed by atoms with Crippen LogP contribution in [0, 0.1) is 13.8 Å². The summed E-state index contributed by atoms with van der Waals surface area (Å²) in [6.07, 6.45) is 8.07. The third kappa shape index (κ3) is 8.52. The predicted octanol–water partition coefficient (Wildman–Crippen LogP) is 7.42. The van der Waals surface area contributed by atoms with Crippen LogP contribution in [0.4, 0.5) is 5.69 Å². The molecule has 0 heterocycles. The van der Waals surface area contributed by atoms with Crippen LogP contribution in [0.2, 0.25) is 0 Å². The standard InChI is InChI=1S/C39H40N2O6S2/c1-5-40(26-30-11-8-7-9-12-30)34-19-15-32(16-20-34)39(38-28(3)23-37(24-29(38)4)49(45,46)47)33-17-21-35(22-18-33)41(6-2)27-31-13-10-14-36(25-31)48(42,43)44/h7-25H,5-6,26-27H2,1-4H3,(H-,42,43,44,45,46,47)/p+1. The normalized spacial score (nSPS) is 13.1. The van der Waals surface area contributed by atoms with E-state index in [4.69, 9.17) is 0 Å². The molecule has 1 aliphatic rings. The number of hydrogen-bond acceptors (Lipinski definition) is 5. The van der Waals surface area contributed by atoms with Gasteiger partial charge in [0.15, 0.2) is 12.3 Å². The van der Waals surface area contributed by atoms with Crippen molar-refractivity contribution in [3.8, 4) is 0 Å². The number of hydrogen-bond donors (Lipinski definition) is 2. The Morgan fingerprint density at radius 2 is 1.29 bits per heavy atom. The molecule has 0 saturated heterocycles. The topological polar surface area (TPSA) is 115 Å². The highest BCUT2D eigenvalue weighted by Crippen LogP contribution is 2.36. The van der Waals surface area contributed by atoms with Crippen LogP contribution in [0.15, 0.2) is 131 Å². The van der Waals surface area contributed by atoms with Crippen molar-refractivity contribution in [2.24, 2.45) is 0 Å². The van der Waals surface area contributed by atoms with Crippen LogP contribution in [0.1, 0.15) is 47.2 Å². The Morgan fingerprint density at radius 3 is 1.84 bits per heavy atom. The lowest BCUT2D eigenvalue weighted by atomic mass is 9.86. The van der Waals surface area contributed by atoms with E-state index in [0.29, 0.717) is 24.2 Å². The second-order valence-electron chi connectivity index (χ2n) is 12.0. The smallest absolute Gasteiger partial charge is 0.294 e. The van der Waals surface area contributed by atoms with Crippen molar-refractivity contribution in [2.45, 2.75) is 50.6 Å². The van der Waals surface area contributed by atoms with E-state index in [1.807, 2.05) is 69.3 Å². The van der Waals surface area contributed by atoms with E-state index in [-0.39, 0.29) is 9.79 Å². The van der Waals surface area contributed by atoms with Gasteiger partial charge in [-0.15, -0.1) is 0 Å². The number of rotatable bonds is 11. The highest BCUT2D eigenvalue weighted by molar-refractivity contribution is 7.86. The fraction of sp³-hybridized carbons (Fsp3) is 0.205. The van der Waals surface area contributed by atoms with E-state index in [1.54, 1.807) is 6.07 Å². The molecule has 4 aromatic rings. The van der Waals surface area contributed by atoms with Crippen molar-refractivity contribution in [3.05, 3.63) is 154 Å². The first-order valence-electron chi connectivity index (χ1n) is 16.1. The van der Waals surface area contributed by atoms with Gasteiger partial charge in [0.1, 0.15) is 6.54 Å². The maximum Gasteiger partial charge on any atom is 0.294 e. The lowest BCUT2D eigenvalue weighted by Crippen LogP contribution is -2.21. The van der Waals surface area contributed by atoms with Gasteiger partial charge in [0, 0.05) is 36.5 Å². The summed E-state index contributed by atoms with van der Waals surface area (Å²) in [4.78, 5) is 2.01. The minimum Gasteiger partial charge on any atom is -0.367 e. The summed E-state index contributed by atoms with van der Waals surface area (Å²) in [7, 11) is -8.70. The predicted molar refractivity (Wildman–Crippen MR) is 195 cm³/mol. The Morgan fingerprint density at radius 1 is 0.694 bits per heavy atom. The average molecular weight is 698 g/mol. The lowest BCUT2D eigenvalue weighted by Gasteiger charge is -2.24. The lowest BCUT2D eigenvalue weighted by molar-refractivity contribution is -0.539. The van der Waals surface area contributed by atoms with Gasteiger partial charge in [-0.05, 0) is 115 Å². The van der Waals surface area contributed by atoms with Crippen LogP contribution in [0.3, 0.4) is 0 Å². The first-order chi connectivity index (χ1) is 23.3. The van der Waals surface area contributed by atoms with Crippen LogP contribution in [-0.2, 0) is 33.3 Å². The Hall–Kier alpha value is -4.61. The molecule has 2 N–H and O–H groups in total. The maximum absolute atomic E-state index is 12.0. The number of aryl methyl sites for hydroxylation is 2. The Bertz CT molecular complexity index is 2160. The quantitative estimate of drug-likeness (QED) is 0.124. The van der Waals surface area contributed by atoms with Gasteiger partial charge in [0.05, 0.1) is 9.79 Å². The first kappa shape index (κ1) is 35.7. The summed E-state index contributed by atoms with van der Waals surface area (Å²) in [5.74, 6) is 0. The molecule has 0 amide bonds. The van der Waals surface area contributed by atoms with E-state index < -0.39 is 20.2 Å². The van der Waals surface area contributed by atoms with Crippen LogP contribution in [0.5, 0.6) is 0 Å². The molecule has 0 aromatic heterocycles. The van der Waals surface area contributed by atoms with Gasteiger partial charge in [-0.2, -0.15) is 16.8 Å². The number of nitrogens with zero attached hydrogens (tertiary/aromatic N) is 2. The summed E-state index contributed by atoms with van der Waals surface area (Å²) in [5.41, 5.74) is 9.06. The van der Waals surface area contributed by atoms with Gasteiger partial charge in [0.25, 0.3) is 20.2 Å². The molecule has 5 rings (SSSR count). The van der Waals surface area contributed by atoms with E-state index in [0.717, 1.165) is 52.3 Å². The van der Waals surface area contributed by atoms with E-state index >= 15 is 0 Å². The number of allylic oxidation sites excluding steroid dienone is 5. The maximum atomic E-state index is 12.0. The zero-order valence-corrected chi connectivity index (χ0v) is 29.7. The molecular formula is C39H41N2O6S2+. The molecule has 0 bridgehead atoms. The molecular weight excluding hydrogens is 657 g/mol. The Kier molecular flexibility index (Phi) is 10.8.